The number of rotatable bonds is 6. The van der Waals surface area contributed by atoms with Gasteiger partial charge in [-0.15, -0.1) is 0 Å². The number of carbonyl (C=O) groups excluding carboxylic acids is 1. The summed E-state index contributed by atoms with van der Waals surface area (Å²) in [7, 11) is 0. The molecule has 1 fully saturated rings. The highest BCUT2D eigenvalue weighted by molar-refractivity contribution is 5.94. The van der Waals surface area contributed by atoms with Crippen molar-refractivity contribution in [3.8, 4) is 5.75 Å². The molecule has 0 saturated carbocycles. The number of amides is 1. The first-order valence-electron chi connectivity index (χ1n) is 7.95. The van der Waals surface area contributed by atoms with Crippen molar-refractivity contribution < 1.29 is 19.4 Å². The van der Waals surface area contributed by atoms with Crippen molar-refractivity contribution in [2.75, 3.05) is 19.7 Å². The molecular weight excluding hydrogens is 294 g/mol. The second-order valence-corrected chi connectivity index (χ2v) is 5.77. The summed E-state index contributed by atoms with van der Waals surface area (Å²) < 4.78 is 5.14. The van der Waals surface area contributed by atoms with Crippen LogP contribution in [0, 0.1) is 5.92 Å². The Balaban J connectivity index is 2.01. The lowest BCUT2D eigenvalue weighted by atomic mass is 9.94. The van der Waals surface area contributed by atoms with Crippen LogP contribution in [0.4, 0.5) is 0 Å². The molecule has 0 radical (unpaired) electrons. The third-order valence-electron chi connectivity index (χ3n) is 3.95. The van der Waals surface area contributed by atoms with Crippen LogP contribution in [0.1, 0.15) is 36.5 Å². The first kappa shape index (κ1) is 17.1. The molecule has 23 heavy (non-hydrogen) atoms. The zero-order valence-corrected chi connectivity index (χ0v) is 13.4. The Kier molecular flexibility index (Phi) is 6.20. The number of hydrogen-bond acceptors (Lipinski definition) is 3. The van der Waals surface area contributed by atoms with Gasteiger partial charge in [0.15, 0.2) is 6.61 Å². The fourth-order valence-electron chi connectivity index (χ4n) is 2.82. The zero-order valence-electron chi connectivity index (χ0n) is 13.4. The van der Waals surface area contributed by atoms with Gasteiger partial charge >= 0.3 is 5.97 Å². The van der Waals surface area contributed by atoms with Gasteiger partial charge in [-0.3, -0.25) is 4.79 Å². The molecule has 2 rings (SSSR count). The maximum absolute atomic E-state index is 12.6. The van der Waals surface area contributed by atoms with E-state index in [9.17, 15) is 9.59 Å². The van der Waals surface area contributed by atoms with Gasteiger partial charge in [0.25, 0.3) is 5.91 Å². The van der Waals surface area contributed by atoms with Crippen LogP contribution in [0.2, 0.25) is 0 Å². The molecule has 1 aromatic rings. The van der Waals surface area contributed by atoms with Gasteiger partial charge in [0.2, 0.25) is 0 Å². The van der Waals surface area contributed by atoms with Gasteiger partial charge in [0.1, 0.15) is 5.75 Å². The van der Waals surface area contributed by atoms with Crippen molar-refractivity contribution >= 4 is 11.9 Å². The van der Waals surface area contributed by atoms with Crippen LogP contribution in [-0.2, 0) is 4.79 Å². The molecule has 1 aliphatic heterocycles. The highest BCUT2D eigenvalue weighted by atomic mass is 16.5. The second kappa shape index (κ2) is 8.36. The van der Waals surface area contributed by atoms with Gasteiger partial charge in [0, 0.05) is 18.7 Å². The molecule has 0 spiro atoms. The fourth-order valence-corrected chi connectivity index (χ4v) is 2.82. The summed E-state index contributed by atoms with van der Waals surface area (Å²) >= 11 is 0. The minimum Gasteiger partial charge on any atom is -0.482 e. The van der Waals surface area contributed by atoms with Crippen LogP contribution in [0.25, 0.3) is 0 Å². The average Bonchev–Trinajstić information content (AvgIpc) is 2.58. The summed E-state index contributed by atoms with van der Waals surface area (Å²) in [6.07, 6.45) is 7.37. The number of carbonyl (C=O) groups is 2. The zero-order chi connectivity index (χ0) is 16.7. The van der Waals surface area contributed by atoms with E-state index in [2.05, 4.69) is 6.08 Å². The number of likely N-dealkylation sites (tertiary alicyclic amines) is 1. The van der Waals surface area contributed by atoms with Crippen LogP contribution >= 0.6 is 0 Å². The Labute approximate surface area is 136 Å². The summed E-state index contributed by atoms with van der Waals surface area (Å²) in [5, 5.41) is 8.65. The number of piperidine rings is 1. The molecule has 5 heteroatoms. The number of allylic oxidation sites excluding steroid dienone is 2. The fraction of sp³-hybridized carbons (Fsp3) is 0.444. The lowest BCUT2D eigenvalue weighted by molar-refractivity contribution is -0.139. The van der Waals surface area contributed by atoms with Crippen molar-refractivity contribution in [1.29, 1.82) is 0 Å². The van der Waals surface area contributed by atoms with Crippen LogP contribution in [0.15, 0.2) is 36.4 Å². The van der Waals surface area contributed by atoms with Crippen LogP contribution in [0.5, 0.6) is 5.75 Å². The minimum atomic E-state index is -1.04. The van der Waals surface area contributed by atoms with Gasteiger partial charge in [-0.05, 0) is 50.3 Å². The maximum atomic E-state index is 12.6. The average molecular weight is 317 g/mol. The SMILES string of the molecule is C/C=C/CC1CCCN(C(=O)c2cccc(OCC(=O)O)c2)C1. The van der Waals surface area contributed by atoms with Crippen LogP contribution < -0.4 is 4.74 Å². The monoisotopic (exact) mass is 317 g/mol. The summed E-state index contributed by atoms with van der Waals surface area (Å²) in [6, 6.07) is 6.72. The van der Waals surface area contributed by atoms with Crippen LogP contribution in [-0.4, -0.2) is 41.6 Å². The highest BCUT2D eigenvalue weighted by Gasteiger charge is 2.24. The Bertz CT molecular complexity index is 582. The number of carboxylic acids is 1. The predicted octanol–water partition coefficient (Wildman–Crippen LogP) is 2.97. The molecule has 0 bridgehead atoms. The number of aliphatic carboxylic acids is 1. The number of ether oxygens (including phenoxy) is 1. The van der Waals surface area contributed by atoms with Gasteiger partial charge in [-0.1, -0.05) is 18.2 Å². The Morgan fingerprint density at radius 3 is 3.00 bits per heavy atom. The van der Waals surface area contributed by atoms with E-state index < -0.39 is 12.6 Å². The van der Waals surface area contributed by atoms with Gasteiger partial charge in [-0.2, -0.15) is 0 Å². The van der Waals surface area contributed by atoms with Gasteiger partial charge in [0.05, 0.1) is 0 Å². The van der Waals surface area contributed by atoms with Crippen molar-refractivity contribution in [3.05, 3.63) is 42.0 Å². The van der Waals surface area contributed by atoms with E-state index in [0.29, 0.717) is 17.2 Å². The largest absolute Gasteiger partial charge is 0.482 e. The smallest absolute Gasteiger partial charge is 0.341 e. The highest BCUT2D eigenvalue weighted by Crippen LogP contribution is 2.23. The molecule has 1 atom stereocenters. The molecule has 1 heterocycles. The summed E-state index contributed by atoms with van der Waals surface area (Å²) in [5.41, 5.74) is 0.541. The minimum absolute atomic E-state index is 0.0176. The van der Waals surface area contributed by atoms with Gasteiger partial charge in [-0.25, -0.2) is 4.79 Å². The third kappa shape index (κ3) is 5.13. The lowest BCUT2D eigenvalue weighted by Crippen LogP contribution is -2.39. The van der Waals surface area contributed by atoms with Crippen molar-refractivity contribution in [2.24, 2.45) is 5.92 Å². The molecule has 1 N–H and O–H groups in total. The molecule has 0 aliphatic carbocycles. The molecule has 1 amide bonds. The molecule has 124 valence electrons. The van der Waals surface area contributed by atoms with Crippen molar-refractivity contribution in [1.82, 2.24) is 4.90 Å². The Hall–Kier alpha value is -2.30. The summed E-state index contributed by atoms with van der Waals surface area (Å²) in [6.45, 7) is 3.13. The number of benzene rings is 1. The predicted molar refractivity (Wildman–Crippen MR) is 87.6 cm³/mol. The molecular formula is C18H23NO4. The quantitative estimate of drug-likeness (QED) is 0.819. The molecule has 1 unspecified atom stereocenters. The van der Waals surface area contributed by atoms with E-state index in [1.807, 2.05) is 17.9 Å². The first-order chi connectivity index (χ1) is 11.1. The Morgan fingerprint density at radius 1 is 1.43 bits per heavy atom. The molecule has 0 aromatic heterocycles. The van der Waals surface area contributed by atoms with E-state index >= 15 is 0 Å². The third-order valence-corrected chi connectivity index (χ3v) is 3.95. The first-order valence-corrected chi connectivity index (χ1v) is 7.95. The Morgan fingerprint density at radius 2 is 2.26 bits per heavy atom. The molecule has 5 nitrogen and oxygen atoms in total. The van der Waals surface area contributed by atoms with Crippen molar-refractivity contribution in [3.63, 3.8) is 0 Å². The number of nitrogens with zero attached hydrogens (tertiary/aromatic N) is 1. The second-order valence-electron chi connectivity index (χ2n) is 5.77. The molecule has 1 aliphatic rings. The van der Waals surface area contributed by atoms with Crippen LogP contribution in [0.3, 0.4) is 0 Å². The topological polar surface area (TPSA) is 66.8 Å². The maximum Gasteiger partial charge on any atom is 0.341 e. The van der Waals surface area contributed by atoms with E-state index in [1.165, 1.54) is 0 Å². The number of carboxylic acid groups (broad SMARTS) is 1. The molecule has 1 saturated heterocycles. The van der Waals surface area contributed by atoms with Gasteiger partial charge < -0.3 is 14.7 Å². The van der Waals surface area contributed by atoms with Crippen molar-refractivity contribution in [2.45, 2.75) is 26.2 Å². The van der Waals surface area contributed by atoms with E-state index in [4.69, 9.17) is 9.84 Å². The molecule has 1 aromatic carbocycles. The number of hydrogen-bond donors (Lipinski definition) is 1. The summed E-state index contributed by atoms with van der Waals surface area (Å²) in [4.78, 5) is 25.1. The van der Waals surface area contributed by atoms with E-state index in [0.717, 1.165) is 32.4 Å². The normalized spacial score (nSPS) is 18.1. The summed E-state index contributed by atoms with van der Waals surface area (Å²) in [5.74, 6) is -0.142. The lowest BCUT2D eigenvalue weighted by Gasteiger charge is -2.32. The standard InChI is InChI=1S/C18H23NO4/c1-2-3-6-14-7-5-10-19(12-14)18(22)15-8-4-9-16(11-15)23-13-17(20)21/h2-4,8-9,11,14H,5-7,10,12-13H2,1H3,(H,20,21)/b3-2+. The van der Waals surface area contributed by atoms with E-state index in [1.54, 1.807) is 24.3 Å². The van der Waals surface area contributed by atoms with E-state index in [-0.39, 0.29) is 5.91 Å².